The highest BCUT2D eigenvalue weighted by atomic mass is 32.2. The maximum Gasteiger partial charge on any atom is 0.230 e. The molecule has 0 bridgehead atoms. The number of nitrogens with one attached hydrogen (secondary N) is 1. The Hall–Kier alpha value is -2.10. The van der Waals surface area contributed by atoms with Gasteiger partial charge in [0.05, 0.1) is 11.5 Å². The molecule has 0 spiro atoms. The van der Waals surface area contributed by atoms with Crippen molar-refractivity contribution in [2.75, 3.05) is 49.1 Å². The predicted octanol–water partition coefficient (Wildman–Crippen LogP) is 1.89. The van der Waals surface area contributed by atoms with Crippen molar-refractivity contribution in [1.82, 2.24) is 14.6 Å². The van der Waals surface area contributed by atoms with Crippen LogP contribution in [0.2, 0.25) is 0 Å². The lowest BCUT2D eigenvalue weighted by molar-refractivity contribution is -0.118. The third-order valence-electron chi connectivity index (χ3n) is 4.87. The van der Waals surface area contributed by atoms with E-state index in [1.807, 2.05) is 43.3 Å². The van der Waals surface area contributed by atoms with Crippen molar-refractivity contribution in [1.29, 1.82) is 0 Å². The molecule has 1 aliphatic heterocycles. The number of sulfonamides is 1. The average Bonchev–Trinajstić information content (AvgIpc) is 2.74. The maximum atomic E-state index is 12.6. The van der Waals surface area contributed by atoms with Crippen LogP contribution in [-0.2, 0) is 20.6 Å². The zero-order valence-corrected chi connectivity index (χ0v) is 18.8. The molecule has 1 aliphatic rings. The van der Waals surface area contributed by atoms with Gasteiger partial charge < -0.3 is 10.2 Å². The van der Waals surface area contributed by atoms with E-state index in [1.54, 1.807) is 6.20 Å². The third-order valence-corrected chi connectivity index (χ3v) is 7.75. The second-order valence-electron chi connectivity index (χ2n) is 7.22. The lowest BCUT2D eigenvalue weighted by Gasteiger charge is -2.34. The second kappa shape index (κ2) is 10.8. The number of piperazine rings is 1. The first kappa shape index (κ1) is 22.6. The van der Waals surface area contributed by atoms with Crippen molar-refractivity contribution >= 4 is 33.5 Å². The molecule has 9 heteroatoms. The Kier molecular flexibility index (Phi) is 8.12. The van der Waals surface area contributed by atoms with Crippen molar-refractivity contribution < 1.29 is 13.2 Å². The molecule has 1 amide bonds. The molecule has 1 aromatic heterocycles. The molecule has 1 saturated heterocycles. The van der Waals surface area contributed by atoms with E-state index in [0.29, 0.717) is 31.9 Å². The van der Waals surface area contributed by atoms with Gasteiger partial charge in [0, 0.05) is 44.7 Å². The van der Waals surface area contributed by atoms with Crippen LogP contribution < -0.4 is 10.2 Å². The molecular formula is C21H28N4O3S2. The van der Waals surface area contributed by atoms with Crippen molar-refractivity contribution in [3.8, 4) is 0 Å². The topological polar surface area (TPSA) is 82.6 Å². The number of rotatable bonds is 9. The number of pyridine rings is 1. The number of anilines is 1. The number of hydrogen-bond acceptors (Lipinski definition) is 6. The summed E-state index contributed by atoms with van der Waals surface area (Å²) in [7, 11) is -3.39. The van der Waals surface area contributed by atoms with E-state index in [0.717, 1.165) is 11.6 Å². The van der Waals surface area contributed by atoms with Crippen LogP contribution in [0.5, 0.6) is 0 Å². The number of hydrogen-bond donors (Lipinski definition) is 1. The molecule has 3 rings (SSSR count). The summed E-state index contributed by atoms with van der Waals surface area (Å²) in [5.74, 6) is 1.73. The van der Waals surface area contributed by atoms with Gasteiger partial charge in [-0.1, -0.05) is 35.9 Å². The zero-order chi connectivity index (χ0) is 21.4. The summed E-state index contributed by atoms with van der Waals surface area (Å²) in [5, 5.41) is 2.72. The smallest absolute Gasteiger partial charge is 0.230 e. The fourth-order valence-electron chi connectivity index (χ4n) is 3.30. The fourth-order valence-corrected chi connectivity index (χ4v) is 5.44. The minimum Gasteiger partial charge on any atom is -0.354 e. The van der Waals surface area contributed by atoms with Crippen LogP contribution in [0.4, 0.5) is 5.82 Å². The standard InChI is InChI=1S/C21H28N4O3S2/c1-18-5-4-6-19(15-18)16-29-17-21(26)23-9-14-30(27,28)25-12-10-24(11-13-25)20-7-2-3-8-22-20/h2-8,15H,9-14,16-17H2,1H3,(H,23,26). The highest BCUT2D eigenvalue weighted by Crippen LogP contribution is 2.15. The number of nitrogens with zero attached hydrogens (tertiary/aromatic N) is 3. The zero-order valence-electron chi connectivity index (χ0n) is 17.2. The van der Waals surface area contributed by atoms with Crippen molar-refractivity contribution in [2.45, 2.75) is 12.7 Å². The van der Waals surface area contributed by atoms with Crippen LogP contribution >= 0.6 is 11.8 Å². The normalized spacial score (nSPS) is 15.2. The Labute approximate surface area is 182 Å². The summed E-state index contributed by atoms with van der Waals surface area (Å²) in [6.07, 6.45) is 1.74. The van der Waals surface area contributed by atoms with Gasteiger partial charge in [-0.05, 0) is 24.6 Å². The number of thioether (sulfide) groups is 1. The summed E-state index contributed by atoms with van der Waals surface area (Å²) >= 11 is 1.52. The molecule has 1 N–H and O–H groups in total. The molecule has 1 fully saturated rings. The lowest BCUT2D eigenvalue weighted by atomic mass is 10.2. The van der Waals surface area contributed by atoms with Gasteiger partial charge in [0.2, 0.25) is 15.9 Å². The number of benzene rings is 1. The SMILES string of the molecule is Cc1cccc(CSCC(=O)NCCS(=O)(=O)N2CCN(c3ccccn3)CC2)c1. The van der Waals surface area contributed by atoms with Gasteiger partial charge in [0.1, 0.15) is 5.82 Å². The molecule has 0 atom stereocenters. The second-order valence-corrected chi connectivity index (χ2v) is 10.3. The molecule has 2 aromatic rings. The summed E-state index contributed by atoms with van der Waals surface area (Å²) < 4.78 is 26.7. The molecule has 0 aliphatic carbocycles. The van der Waals surface area contributed by atoms with Gasteiger partial charge in [0.15, 0.2) is 0 Å². The first-order chi connectivity index (χ1) is 14.4. The predicted molar refractivity (Wildman–Crippen MR) is 122 cm³/mol. The summed E-state index contributed by atoms with van der Waals surface area (Å²) in [6.45, 7) is 4.25. The van der Waals surface area contributed by atoms with Crippen LogP contribution in [-0.4, -0.2) is 67.8 Å². The minimum atomic E-state index is -3.39. The first-order valence-corrected chi connectivity index (χ1v) is 12.7. The lowest BCUT2D eigenvalue weighted by Crippen LogP contribution is -2.50. The fraction of sp³-hybridized carbons (Fsp3) is 0.429. The minimum absolute atomic E-state index is 0.0785. The van der Waals surface area contributed by atoms with Crippen LogP contribution in [0.15, 0.2) is 48.7 Å². The van der Waals surface area contributed by atoms with Gasteiger partial charge >= 0.3 is 0 Å². The van der Waals surface area contributed by atoms with Crippen LogP contribution in [0.1, 0.15) is 11.1 Å². The first-order valence-electron chi connectivity index (χ1n) is 9.98. The Morgan fingerprint density at radius 3 is 2.63 bits per heavy atom. The number of aromatic nitrogens is 1. The molecule has 0 radical (unpaired) electrons. The molecule has 30 heavy (non-hydrogen) atoms. The van der Waals surface area contributed by atoms with Gasteiger partial charge in [-0.15, -0.1) is 11.8 Å². The van der Waals surface area contributed by atoms with E-state index in [9.17, 15) is 13.2 Å². The number of carbonyl (C=O) groups is 1. The number of aryl methyl sites for hydroxylation is 1. The van der Waals surface area contributed by atoms with Gasteiger partial charge in [-0.3, -0.25) is 4.79 Å². The van der Waals surface area contributed by atoms with E-state index in [-0.39, 0.29) is 18.2 Å². The van der Waals surface area contributed by atoms with Crippen molar-refractivity contribution in [3.63, 3.8) is 0 Å². The van der Waals surface area contributed by atoms with Crippen molar-refractivity contribution in [2.24, 2.45) is 0 Å². The molecule has 0 saturated carbocycles. The van der Waals surface area contributed by atoms with Crippen LogP contribution in [0.3, 0.4) is 0 Å². The summed E-state index contributed by atoms with van der Waals surface area (Å²) in [5.41, 5.74) is 2.38. The molecule has 2 heterocycles. The molecule has 162 valence electrons. The average molecular weight is 449 g/mol. The maximum absolute atomic E-state index is 12.6. The third kappa shape index (κ3) is 6.72. The molecular weight excluding hydrogens is 420 g/mol. The Bertz CT molecular complexity index is 930. The van der Waals surface area contributed by atoms with E-state index < -0.39 is 10.0 Å². The Morgan fingerprint density at radius 1 is 1.13 bits per heavy atom. The largest absolute Gasteiger partial charge is 0.354 e. The Balaban J connectivity index is 1.35. The van der Waals surface area contributed by atoms with Gasteiger partial charge in [0.25, 0.3) is 0 Å². The monoisotopic (exact) mass is 448 g/mol. The van der Waals surface area contributed by atoms with E-state index in [4.69, 9.17) is 0 Å². The molecule has 7 nitrogen and oxygen atoms in total. The number of amides is 1. The summed E-state index contributed by atoms with van der Waals surface area (Å²) in [4.78, 5) is 18.4. The van der Waals surface area contributed by atoms with Crippen LogP contribution in [0, 0.1) is 6.92 Å². The summed E-state index contributed by atoms with van der Waals surface area (Å²) in [6, 6.07) is 13.9. The van der Waals surface area contributed by atoms with E-state index in [2.05, 4.69) is 21.3 Å². The highest BCUT2D eigenvalue weighted by Gasteiger charge is 2.27. The van der Waals surface area contributed by atoms with Crippen molar-refractivity contribution in [3.05, 3.63) is 59.8 Å². The van der Waals surface area contributed by atoms with Crippen LogP contribution in [0.25, 0.3) is 0 Å². The number of carbonyl (C=O) groups excluding carboxylic acids is 1. The molecule has 1 aromatic carbocycles. The van der Waals surface area contributed by atoms with Gasteiger partial charge in [-0.2, -0.15) is 4.31 Å². The highest BCUT2D eigenvalue weighted by molar-refractivity contribution is 7.99. The molecule has 0 unspecified atom stereocenters. The quantitative estimate of drug-likeness (QED) is 0.631. The van der Waals surface area contributed by atoms with E-state index >= 15 is 0 Å². The van der Waals surface area contributed by atoms with Gasteiger partial charge in [-0.25, -0.2) is 13.4 Å². The van der Waals surface area contributed by atoms with E-state index in [1.165, 1.54) is 27.2 Å². The Morgan fingerprint density at radius 2 is 1.93 bits per heavy atom.